The molecule has 1 aromatic carbocycles. The molecule has 1 aromatic rings. The number of benzene rings is 1. The van der Waals surface area contributed by atoms with E-state index in [4.69, 9.17) is 9.47 Å². The van der Waals surface area contributed by atoms with E-state index in [2.05, 4.69) is 10.8 Å². The minimum atomic E-state index is -3.80. The average Bonchev–Trinajstić information content (AvgIpc) is 3.97. The molecule has 2 bridgehead atoms. The van der Waals surface area contributed by atoms with Gasteiger partial charge in [-0.1, -0.05) is 59.4 Å². The van der Waals surface area contributed by atoms with Crippen LogP contribution in [0.25, 0.3) is 0 Å². The molecule has 0 unspecified atom stereocenters. The number of rotatable bonds is 7. The number of nitrogens with zero attached hydrogens (tertiary/aromatic N) is 2. The normalized spacial score (nSPS) is 28.6. The van der Waals surface area contributed by atoms with Crippen molar-refractivity contribution in [1.29, 1.82) is 5.26 Å². The van der Waals surface area contributed by atoms with Crippen molar-refractivity contribution in [3.8, 4) is 11.8 Å². The lowest BCUT2D eigenvalue weighted by Gasteiger charge is -2.34. The minimum Gasteiger partial charge on any atom is -0.488 e. The van der Waals surface area contributed by atoms with E-state index in [1.165, 1.54) is 4.90 Å². The number of hydrogen-bond acceptors (Lipinski definition) is 9. The first kappa shape index (κ1) is 36.8. The van der Waals surface area contributed by atoms with Crippen LogP contribution >= 0.6 is 0 Å². The standard InChI is InChI=1S/C37H51N3O8S/c1-5-26-20-37(26,35(44)39-49(45,46)28-14-15-28)21-31(41)30-18-27-23-40(30)34(43)29(36(2,3)4)19-33(42)47-16-10-8-6-7-9-11-25-13-12-24(22-38)17-32(25)48-27/h12-13,17,26-30H,5-11,14-16,18-21,23H2,1-4H3,(H,39,44)/t26-,27-,29-,30+,37-/m1/s1. The fourth-order valence-electron chi connectivity index (χ4n) is 7.49. The van der Waals surface area contributed by atoms with Gasteiger partial charge in [-0.15, -0.1) is 0 Å². The van der Waals surface area contributed by atoms with E-state index in [-0.39, 0.29) is 50.0 Å². The number of cyclic esters (lactones) is 1. The SMILES string of the molecule is CC[C@@H]1C[C@]1(CC(=O)[C@@H]1C[C@@H]2CN1C(=O)[C@H](C(C)(C)C)CC(=O)OCCCCCCCc1ccc(C#N)cc1O2)C(=O)NS(=O)(=O)C1CC1. The van der Waals surface area contributed by atoms with Gasteiger partial charge in [-0.25, -0.2) is 8.42 Å². The number of carbonyl (C=O) groups excluding carboxylic acids is 4. The fraction of sp³-hybridized carbons (Fsp3) is 0.703. The number of Topliss-reactive ketones (excluding diaryl/α,β-unsaturated/α-hetero) is 1. The van der Waals surface area contributed by atoms with Gasteiger partial charge < -0.3 is 14.4 Å². The molecule has 0 aromatic heterocycles. The number of nitriles is 1. The molecular formula is C37H51N3O8S. The van der Waals surface area contributed by atoms with Gasteiger partial charge in [0.15, 0.2) is 5.78 Å². The molecule has 0 radical (unpaired) electrons. The summed E-state index contributed by atoms with van der Waals surface area (Å²) in [6, 6.07) is 6.60. The summed E-state index contributed by atoms with van der Waals surface area (Å²) in [5.41, 5.74) is -0.403. The van der Waals surface area contributed by atoms with E-state index >= 15 is 0 Å². The van der Waals surface area contributed by atoms with Crippen molar-refractivity contribution in [2.24, 2.45) is 22.7 Å². The summed E-state index contributed by atoms with van der Waals surface area (Å²) in [6.45, 7) is 7.92. The third kappa shape index (κ3) is 8.65. The lowest BCUT2D eigenvalue weighted by Crippen LogP contribution is -2.48. The summed E-state index contributed by atoms with van der Waals surface area (Å²) < 4.78 is 39.7. The van der Waals surface area contributed by atoms with Crippen LogP contribution in [0.15, 0.2) is 18.2 Å². The van der Waals surface area contributed by atoms with Gasteiger partial charge in [0.25, 0.3) is 0 Å². The van der Waals surface area contributed by atoms with Gasteiger partial charge >= 0.3 is 5.97 Å². The van der Waals surface area contributed by atoms with Crippen LogP contribution in [0.2, 0.25) is 0 Å². The van der Waals surface area contributed by atoms with Crippen molar-refractivity contribution < 1.29 is 37.1 Å². The predicted molar refractivity (Wildman–Crippen MR) is 182 cm³/mol. The summed E-state index contributed by atoms with van der Waals surface area (Å²) >= 11 is 0. The van der Waals surface area contributed by atoms with Gasteiger partial charge in [0, 0.05) is 12.8 Å². The number of hydrogen-bond donors (Lipinski definition) is 1. The van der Waals surface area contributed by atoms with E-state index in [0.29, 0.717) is 37.0 Å². The number of amides is 2. The second kappa shape index (κ2) is 14.8. The monoisotopic (exact) mass is 697 g/mol. The topological polar surface area (TPSA) is 160 Å². The Bertz CT molecular complexity index is 1590. The Morgan fingerprint density at radius 2 is 1.82 bits per heavy atom. The highest BCUT2D eigenvalue weighted by atomic mass is 32.2. The number of aryl methyl sites for hydroxylation is 1. The molecule has 12 heteroatoms. The molecule has 2 aliphatic heterocycles. The molecule has 5 rings (SSSR count). The quantitative estimate of drug-likeness (QED) is 0.387. The number of nitrogens with one attached hydrogen (secondary N) is 1. The minimum absolute atomic E-state index is 0.0829. The number of ketones is 1. The van der Waals surface area contributed by atoms with Gasteiger partial charge in [-0.05, 0) is 67.6 Å². The second-order valence-corrected chi connectivity index (χ2v) is 17.5. The van der Waals surface area contributed by atoms with Crippen molar-refractivity contribution in [3.63, 3.8) is 0 Å². The zero-order valence-electron chi connectivity index (χ0n) is 29.3. The van der Waals surface area contributed by atoms with Gasteiger partial charge in [0.05, 0.1) is 53.8 Å². The van der Waals surface area contributed by atoms with Gasteiger partial charge in [-0.3, -0.25) is 23.9 Å². The molecular weight excluding hydrogens is 646 g/mol. The van der Waals surface area contributed by atoms with Crippen molar-refractivity contribution in [2.45, 2.75) is 129 Å². The fourth-order valence-corrected chi connectivity index (χ4v) is 8.87. The maximum Gasteiger partial charge on any atom is 0.306 e. The number of carbonyl (C=O) groups is 4. The molecule has 5 atom stereocenters. The Morgan fingerprint density at radius 3 is 2.47 bits per heavy atom. The summed E-state index contributed by atoms with van der Waals surface area (Å²) in [5.74, 6) is -2.18. The number of sulfonamides is 1. The van der Waals surface area contributed by atoms with E-state index in [9.17, 15) is 32.9 Å². The van der Waals surface area contributed by atoms with E-state index in [1.54, 1.807) is 12.1 Å². The number of esters is 1. The smallest absolute Gasteiger partial charge is 0.306 e. The average molecular weight is 698 g/mol. The lowest BCUT2D eigenvalue weighted by atomic mass is 9.77. The van der Waals surface area contributed by atoms with E-state index < -0.39 is 56.0 Å². The third-order valence-corrected chi connectivity index (χ3v) is 12.7. The molecule has 11 nitrogen and oxygen atoms in total. The highest BCUT2D eigenvalue weighted by Crippen LogP contribution is 2.58. The number of fused-ring (bicyclic) bond motifs is 3. The highest BCUT2D eigenvalue weighted by molar-refractivity contribution is 7.90. The molecule has 2 heterocycles. The zero-order chi connectivity index (χ0) is 35.6. The molecule has 0 spiro atoms. The Balaban J connectivity index is 1.46. The molecule has 1 saturated heterocycles. The summed E-state index contributed by atoms with van der Waals surface area (Å²) in [5, 5.41) is 9.05. The molecule has 3 fully saturated rings. The number of ether oxygens (including phenoxy) is 2. The van der Waals surface area contributed by atoms with Crippen LogP contribution in [0.1, 0.15) is 116 Å². The lowest BCUT2D eigenvalue weighted by molar-refractivity contribution is -0.153. The molecule has 2 amide bonds. The summed E-state index contributed by atoms with van der Waals surface area (Å²) in [6.07, 6.45) is 6.51. The largest absolute Gasteiger partial charge is 0.488 e. The third-order valence-electron chi connectivity index (χ3n) is 10.8. The van der Waals surface area contributed by atoms with Crippen LogP contribution < -0.4 is 9.46 Å². The van der Waals surface area contributed by atoms with E-state index in [1.807, 2.05) is 33.8 Å². The van der Waals surface area contributed by atoms with Crippen LogP contribution in [0, 0.1) is 34.0 Å². The van der Waals surface area contributed by atoms with Gasteiger partial charge in [0.1, 0.15) is 11.9 Å². The first-order valence-electron chi connectivity index (χ1n) is 17.9. The molecule has 49 heavy (non-hydrogen) atoms. The van der Waals surface area contributed by atoms with Crippen molar-refractivity contribution in [2.75, 3.05) is 13.2 Å². The zero-order valence-corrected chi connectivity index (χ0v) is 30.1. The first-order valence-corrected chi connectivity index (χ1v) is 19.5. The Morgan fingerprint density at radius 1 is 1.10 bits per heavy atom. The molecule has 1 N–H and O–H groups in total. The molecule has 2 saturated carbocycles. The predicted octanol–water partition coefficient (Wildman–Crippen LogP) is 4.99. The van der Waals surface area contributed by atoms with Crippen molar-refractivity contribution in [1.82, 2.24) is 9.62 Å². The van der Waals surface area contributed by atoms with Gasteiger partial charge in [-0.2, -0.15) is 5.26 Å². The Hall–Kier alpha value is -3.46. The van der Waals surface area contributed by atoms with Gasteiger partial charge in [0.2, 0.25) is 21.8 Å². The maximum absolute atomic E-state index is 14.5. The van der Waals surface area contributed by atoms with Crippen molar-refractivity contribution >= 4 is 33.6 Å². The van der Waals surface area contributed by atoms with Crippen LogP contribution in [-0.4, -0.2) is 67.4 Å². The molecule has 4 aliphatic rings. The van der Waals surface area contributed by atoms with Crippen LogP contribution in [-0.2, 0) is 40.4 Å². The summed E-state index contributed by atoms with van der Waals surface area (Å²) in [7, 11) is -3.80. The Kier molecular flexibility index (Phi) is 11.1. The first-order chi connectivity index (χ1) is 23.2. The maximum atomic E-state index is 14.5. The van der Waals surface area contributed by atoms with E-state index in [0.717, 1.165) is 44.1 Å². The van der Waals surface area contributed by atoms with Crippen LogP contribution in [0.4, 0.5) is 0 Å². The highest BCUT2D eigenvalue weighted by Gasteiger charge is 2.61. The Labute approximate surface area is 290 Å². The van der Waals surface area contributed by atoms with Crippen molar-refractivity contribution in [3.05, 3.63) is 29.3 Å². The summed E-state index contributed by atoms with van der Waals surface area (Å²) in [4.78, 5) is 56.8. The molecule has 268 valence electrons. The molecule has 2 aliphatic carbocycles. The van der Waals surface area contributed by atoms with Crippen LogP contribution in [0.5, 0.6) is 5.75 Å². The second-order valence-electron chi connectivity index (χ2n) is 15.6. The van der Waals surface area contributed by atoms with Crippen LogP contribution in [0.3, 0.4) is 0 Å².